The Labute approximate surface area is 137 Å². The zero-order valence-corrected chi connectivity index (χ0v) is 13.3. The molecular weight excluding hydrogens is 310 g/mol. The first-order valence-electron chi connectivity index (χ1n) is 7.05. The van der Waals surface area contributed by atoms with Gasteiger partial charge in [0.2, 0.25) is 11.8 Å². The fourth-order valence-electron chi connectivity index (χ4n) is 2.17. The summed E-state index contributed by atoms with van der Waals surface area (Å²) in [6.07, 6.45) is 0. The summed E-state index contributed by atoms with van der Waals surface area (Å²) >= 11 is 1.15. The Hall–Kier alpha value is -2.60. The molecule has 1 heterocycles. The van der Waals surface area contributed by atoms with Gasteiger partial charge in [-0.3, -0.25) is 4.79 Å². The first-order chi connectivity index (χ1) is 11.1. The number of nitrogens with zero attached hydrogens (tertiary/aromatic N) is 2. The molecule has 0 spiro atoms. The maximum Gasteiger partial charge on any atom is 0.277 e. The SMILES string of the molecule is Cc1cccc(-c2nnc(S[C@H](C(N)=O)c3ccccc3)o2)c1. The van der Waals surface area contributed by atoms with Gasteiger partial charge in [0, 0.05) is 5.56 Å². The Kier molecular flexibility index (Phi) is 4.43. The number of aryl methyl sites for hydroxylation is 1. The number of amides is 1. The molecule has 1 aromatic heterocycles. The van der Waals surface area contributed by atoms with E-state index in [4.69, 9.17) is 10.2 Å². The molecule has 0 unspecified atom stereocenters. The van der Waals surface area contributed by atoms with Gasteiger partial charge in [-0.1, -0.05) is 48.0 Å². The van der Waals surface area contributed by atoms with E-state index in [0.717, 1.165) is 28.5 Å². The number of hydrogen-bond donors (Lipinski definition) is 1. The Morgan fingerprint density at radius 3 is 2.61 bits per heavy atom. The third-order valence-electron chi connectivity index (χ3n) is 3.25. The second-order valence-electron chi connectivity index (χ2n) is 5.05. The van der Waals surface area contributed by atoms with E-state index in [1.54, 1.807) is 0 Å². The maximum absolute atomic E-state index is 11.7. The lowest BCUT2D eigenvalue weighted by Crippen LogP contribution is -2.18. The van der Waals surface area contributed by atoms with Crippen molar-refractivity contribution in [1.82, 2.24) is 10.2 Å². The van der Waals surface area contributed by atoms with Gasteiger partial charge in [0.1, 0.15) is 5.25 Å². The fraction of sp³-hybridized carbons (Fsp3) is 0.118. The number of thioether (sulfide) groups is 1. The highest BCUT2D eigenvalue weighted by Gasteiger charge is 2.22. The van der Waals surface area contributed by atoms with Crippen LogP contribution in [-0.4, -0.2) is 16.1 Å². The van der Waals surface area contributed by atoms with Crippen molar-refractivity contribution in [2.24, 2.45) is 5.73 Å². The number of aromatic nitrogens is 2. The summed E-state index contributed by atoms with van der Waals surface area (Å²) < 4.78 is 5.66. The van der Waals surface area contributed by atoms with Gasteiger partial charge in [-0.05, 0) is 36.4 Å². The number of nitrogens with two attached hydrogens (primary N) is 1. The van der Waals surface area contributed by atoms with Crippen molar-refractivity contribution in [1.29, 1.82) is 0 Å². The van der Waals surface area contributed by atoms with Crippen LogP contribution in [0.2, 0.25) is 0 Å². The van der Waals surface area contributed by atoms with Crippen LogP contribution in [0.25, 0.3) is 11.5 Å². The second-order valence-corrected chi connectivity index (χ2v) is 6.11. The molecule has 0 fully saturated rings. The van der Waals surface area contributed by atoms with E-state index < -0.39 is 11.2 Å². The lowest BCUT2D eigenvalue weighted by molar-refractivity contribution is -0.117. The zero-order valence-electron chi connectivity index (χ0n) is 12.5. The lowest BCUT2D eigenvalue weighted by Gasteiger charge is -2.10. The Balaban J connectivity index is 1.84. The summed E-state index contributed by atoms with van der Waals surface area (Å²) in [5, 5.41) is 7.80. The molecule has 0 radical (unpaired) electrons. The minimum Gasteiger partial charge on any atom is -0.411 e. The minimum absolute atomic E-state index is 0.314. The van der Waals surface area contributed by atoms with Crippen molar-refractivity contribution in [3.63, 3.8) is 0 Å². The third-order valence-corrected chi connectivity index (χ3v) is 4.36. The quantitative estimate of drug-likeness (QED) is 0.727. The normalized spacial score (nSPS) is 12.0. The van der Waals surface area contributed by atoms with Crippen LogP contribution in [0.3, 0.4) is 0 Å². The van der Waals surface area contributed by atoms with Crippen molar-refractivity contribution in [3.05, 3.63) is 65.7 Å². The number of hydrogen-bond acceptors (Lipinski definition) is 5. The van der Waals surface area contributed by atoms with E-state index in [1.165, 1.54) is 0 Å². The molecule has 1 atom stereocenters. The lowest BCUT2D eigenvalue weighted by atomic mass is 10.1. The number of benzene rings is 2. The molecule has 116 valence electrons. The summed E-state index contributed by atoms with van der Waals surface area (Å²) in [5.41, 5.74) is 8.26. The summed E-state index contributed by atoms with van der Waals surface area (Å²) in [5.74, 6) is -0.0241. The van der Waals surface area contributed by atoms with Crippen LogP contribution >= 0.6 is 11.8 Å². The topological polar surface area (TPSA) is 82.0 Å². The first-order valence-corrected chi connectivity index (χ1v) is 7.93. The average molecular weight is 325 g/mol. The highest BCUT2D eigenvalue weighted by molar-refractivity contribution is 8.00. The number of carbonyl (C=O) groups is 1. The van der Waals surface area contributed by atoms with E-state index in [0.29, 0.717) is 11.1 Å². The number of rotatable bonds is 5. The Bertz CT molecular complexity index is 817. The third kappa shape index (κ3) is 3.60. The van der Waals surface area contributed by atoms with E-state index in [-0.39, 0.29) is 0 Å². The van der Waals surface area contributed by atoms with Crippen LogP contribution in [0.5, 0.6) is 0 Å². The van der Waals surface area contributed by atoms with Crippen LogP contribution in [0.15, 0.2) is 64.2 Å². The summed E-state index contributed by atoms with van der Waals surface area (Å²) in [4.78, 5) is 11.7. The van der Waals surface area contributed by atoms with Crippen LogP contribution < -0.4 is 5.73 Å². The van der Waals surface area contributed by atoms with Gasteiger partial charge in [0.25, 0.3) is 5.22 Å². The summed E-state index contributed by atoms with van der Waals surface area (Å²) in [6.45, 7) is 1.99. The molecule has 23 heavy (non-hydrogen) atoms. The molecule has 2 N–H and O–H groups in total. The Morgan fingerprint density at radius 1 is 1.13 bits per heavy atom. The molecule has 2 aromatic carbocycles. The molecular formula is C17H15N3O2S. The van der Waals surface area contributed by atoms with Gasteiger partial charge in [0.05, 0.1) is 0 Å². The van der Waals surface area contributed by atoms with Gasteiger partial charge >= 0.3 is 0 Å². The van der Waals surface area contributed by atoms with Gasteiger partial charge in [-0.2, -0.15) is 0 Å². The fourth-order valence-corrected chi connectivity index (χ4v) is 3.00. The van der Waals surface area contributed by atoms with Crippen molar-refractivity contribution >= 4 is 17.7 Å². The predicted molar refractivity (Wildman–Crippen MR) is 88.7 cm³/mol. The predicted octanol–water partition coefficient (Wildman–Crippen LogP) is 3.36. The molecule has 3 rings (SSSR count). The smallest absolute Gasteiger partial charge is 0.277 e. The molecule has 0 aliphatic carbocycles. The van der Waals surface area contributed by atoms with E-state index in [9.17, 15) is 4.79 Å². The molecule has 0 aliphatic rings. The molecule has 1 amide bonds. The van der Waals surface area contributed by atoms with Crippen molar-refractivity contribution < 1.29 is 9.21 Å². The van der Waals surface area contributed by atoms with Gasteiger partial charge in [-0.25, -0.2) is 0 Å². The molecule has 6 heteroatoms. The van der Waals surface area contributed by atoms with Crippen molar-refractivity contribution in [3.8, 4) is 11.5 Å². The zero-order chi connectivity index (χ0) is 16.2. The van der Waals surface area contributed by atoms with Crippen LogP contribution in [0.1, 0.15) is 16.4 Å². The monoisotopic (exact) mass is 325 g/mol. The van der Waals surface area contributed by atoms with E-state index in [1.807, 2.05) is 61.5 Å². The van der Waals surface area contributed by atoms with Gasteiger partial charge in [0.15, 0.2) is 0 Å². The van der Waals surface area contributed by atoms with Crippen LogP contribution in [0.4, 0.5) is 0 Å². The largest absolute Gasteiger partial charge is 0.411 e. The number of carbonyl (C=O) groups excluding carboxylic acids is 1. The second kappa shape index (κ2) is 6.66. The van der Waals surface area contributed by atoms with Crippen LogP contribution in [0, 0.1) is 6.92 Å². The highest BCUT2D eigenvalue weighted by Crippen LogP contribution is 2.35. The maximum atomic E-state index is 11.7. The summed E-state index contributed by atoms with van der Waals surface area (Å²) in [6, 6.07) is 17.1. The van der Waals surface area contributed by atoms with Crippen molar-refractivity contribution in [2.75, 3.05) is 0 Å². The molecule has 3 aromatic rings. The van der Waals surface area contributed by atoms with Gasteiger partial charge in [-0.15, -0.1) is 10.2 Å². The van der Waals surface area contributed by atoms with Gasteiger partial charge < -0.3 is 10.2 Å². The molecule has 0 aliphatic heterocycles. The van der Waals surface area contributed by atoms with Crippen LogP contribution in [-0.2, 0) is 4.79 Å². The molecule has 0 saturated carbocycles. The van der Waals surface area contributed by atoms with E-state index in [2.05, 4.69) is 10.2 Å². The standard InChI is InChI=1S/C17H15N3O2S/c1-11-6-5-9-13(10-11)16-19-20-17(22-16)23-14(15(18)21)12-7-3-2-4-8-12/h2-10,14H,1H3,(H2,18,21)/t14-/m0/s1. The summed E-state index contributed by atoms with van der Waals surface area (Å²) in [7, 11) is 0. The number of primary amides is 1. The first kappa shape index (κ1) is 15.3. The minimum atomic E-state index is -0.568. The highest BCUT2D eigenvalue weighted by atomic mass is 32.2. The molecule has 0 bridgehead atoms. The van der Waals surface area contributed by atoms with Crippen molar-refractivity contribution in [2.45, 2.75) is 17.4 Å². The molecule has 5 nitrogen and oxygen atoms in total. The van der Waals surface area contributed by atoms with E-state index >= 15 is 0 Å². The Morgan fingerprint density at radius 2 is 1.91 bits per heavy atom. The molecule has 0 saturated heterocycles. The average Bonchev–Trinajstić information content (AvgIpc) is 3.02.